The monoisotopic (exact) mass is 279 g/mol. The first-order valence-electron chi connectivity index (χ1n) is 6.41. The van der Waals surface area contributed by atoms with Crippen LogP contribution in [-0.4, -0.2) is 47.4 Å². The number of rotatable bonds is 4. The van der Waals surface area contributed by atoms with Crippen molar-refractivity contribution in [1.29, 1.82) is 0 Å². The standard InChI is InChI=1S/C14H17NO5/c16-9-14(5-7-20-8-6-14)15-12(17)10-3-1-2-4-11(10)13(18)19/h1-4,16H,5-9H2,(H,15,17)(H,18,19). The van der Waals surface area contributed by atoms with E-state index in [2.05, 4.69) is 5.32 Å². The van der Waals surface area contributed by atoms with Crippen LogP contribution in [0.1, 0.15) is 33.6 Å². The summed E-state index contributed by atoms with van der Waals surface area (Å²) >= 11 is 0. The van der Waals surface area contributed by atoms with Crippen LogP contribution in [0, 0.1) is 0 Å². The fourth-order valence-electron chi connectivity index (χ4n) is 2.26. The second-order valence-electron chi connectivity index (χ2n) is 4.86. The molecule has 0 bridgehead atoms. The van der Waals surface area contributed by atoms with E-state index in [1.807, 2.05) is 0 Å². The Bertz CT molecular complexity index is 508. The van der Waals surface area contributed by atoms with Gasteiger partial charge in [-0.1, -0.05) is 12.1 Å². The van der Waals surface area contributed by atoms with Crippen LogP contribution in [0.2, 0.25) is 0 Å². The SMILES string of the molecule is O=C(O)c1ccccc1C(=O)NC1(CO)CCOCC1. The Morgan fingerprint density at radius 3 is 2.35 bits per heavy atom. The van der Waals surface area contributed by atoms with E-state index in [1.54, 1.807) is 12.1 Å². The number of carbonyl (C=O) groups is 2. The number of nitrogens with one attached hydrogen (secondary N) is 1. The van der Waals surface area contributed by atoms with Gasteiger partial charge in [-0.25, -0.2) is 4.79 Å². The fourth-order valence-corrected chi connectivity index (χ4v) is 2.26. The van der Waals surface area contributed by atoms with Crippen molar-refractivity contribution in [2.75, 3.05) is 19.8 Å². The number of aromatic carboxylic acids is 1. The average molecular weight is 279 g/mol. The first-order valence-corrected chi connectivity index (χ1v) is 6.41. The molecule has 0 spiro atoms. The third-order valence-corrected chi connectivity index (χ3v) is 3.53. The second-order valence-corrected chi connectivity index (χ2v) is 4.86. The molecule has 0 unspecified atom stereocenters. The van der Waals surface area contributed by atoms with Gasteiger partial charge >= 0.3 is 5.97 Å². The molecule has 3 N–H and O–H groups in total. The third-order valence-electron chi connectivity index (χ3n) is 3.53. The average Bonchev–Trinajstić information content (AvgIpc) is 2.48. The number of carbonyl (C=O) groups excluding carboxylic acids is 1. The zero-order chi connectivity index (χ0) is 14.6. The number of hydrogen-bond donors (Lipinski definition) is 3. The van der Waals surface area contributed by atoms with Gasteiger partial charge in [-0.05, 0) is 25.0 Å². The normalized spacial score (nSPS) is 17.4. The van der Waals surface area contributed by atoms with Crippen molar-refractivity contribution < 1.29 is 24.5 Å². The number of aliphatic hydroxyl groups excluding tert-OH is 1. The molecule has 1 aromatic carbocycles. The number of benzene rings is 1. The first kappa shape index (κ1) is 14.5. The smallest absolute Gasteiger partial charge is 0.336 e. The number of carboxylic acid groups (broad SMARTS) is 1. The largest absolute Gasteiger partial charge is 0.478 e. The number of ether oxygens (including phenoxy) is 1. The summed E-state index contributed by atoms with van der Waals surface area (Å²) in [5, 5.41) is 21.4. The van der Waals surface area contributed by atoms with Crippen molar-refractivity contribution in [3.05, 3.63) is 35.4 Å². The summed E-state index contributed by atoms with van der Waals surface area (Å²) in [5.41, 5.74) is -0.689. The maximum atomic E-state index is 12.3. The van der Waals surface area contributed by atoms with Crippen LogP contribution in [-0.2, 0) is 4.74 Å². The predicted octanol–water partition coefficient (Wildman–Crippen LogP) is 0.656. The molecule has 20 heavy (non-hydrogen) atoms. The van der Waals surface area contributed by atoms with Gasteiger partial charge in [0.05, 0.1) is 23.3 Å². The lowest BCUT2D eigenvalue weighted by atomic mass is 9.90. The van der Waals surface area contributed by atoms with Gasteiger partial charge in [0.1, 0.15) is 0 Å². The van der Waals surface area contributed by atoms with E-state index in [-0.39, 0.29) is 17.7 Å². The van der Waals surface area contributed by atoms with E-state index in [4.69, 9.17) is 9.84 Å². The quantitative estimate of drug-likeness (QED) is 0.752. The second kappa shape index (κ2) is 6.02. The molecule has 0 aliphatic carbocycles. The van der Waals surface area contributed by atoms with Crippen LogP contribution < -0.4 is 5.32 Å². The minimum Gasteiger partial charge on any atom is -0.478 e. The number of hydrogen-bond acceptors (Lipinski definition) is 4. The highest BCUT2D eigenvalue weighted by Gasteiger charge is 2.34. The van der Waals surface area contributed by atoms with Crippen molar-refractivity contribution in [1.82, 2.24) is 5.32 Å². The van der Waals surface area contributed by atoms with Crippen LogP contribution in [0.5, 0.6) is 0 Å². The summed E-state index contributed by atoms with van der Waals surface area (Å²) < 4.78 is 5.22. The zero-order valence-electron chi connectivity index (χ0n) is 11.0. The summed E-state index contributed by atoms with van der Waals surface area (Å²) in [7, 11) is 0. The molecule has 1 aliphatic heterocycles. The number of carboxylic acids is 1. The molecule has 1 saturated heterocycles. The van der Waals surface area contributed by atoms with Crippen molar-refractivity contribution >= 4 is 11.9 Å². The highest BCUT2D eigenvalue weighted by atomic mass is 16.5. The van der Waals surface area contributed by atoms with Crippen molar-refractivity contribution in [3.63, 3.8) is 0 Å². The molecular formula is C14H17NO5. The topological polar surface area (TPSA) is 95.9 Å². The van der Waals surface area contributed by atoms with Crippen LogP contribution >= 0.6 is 0 Å². The molecule has 1 heterocycles. The maximum absolute atomic E-state index is 12.3. The van der Waals surface area contributed by atoms with Crippen LogP contribution in [0.25, 0.3) is 0 Å². The Balaban J connectivity index is 2.21. The zero-order valence-corrected chi connectivity index (χ0v) is 11.0. The molecule has 6 heteroatoms. The van der Waals surface area contributed by atoms with Crippen LogP contribution in [0.4, 0.5) is 0 Å². The van der Waals surface area contributed by atoms with E-state index in [0.29, 0.717) is 26.1 Å². The molecule has 0 aromatic heterocycles. The Labute approximate surface area is 116 Å². The van der Waals surface area contributed by atoms with E-state index < -0.39 is 17.4 Å². The minimum absolute atomic E-state index is 0.0508. The number of aliphatic hydroxyl groups is 1. The van der Waals surface area contributed by atoms with Gasteiger partial charge in [0.15, 0.2) is 0 Å². The molecule has 1 aliphatic rings. The lowest BCUT2D eigenvalue weighted by molar-refractivity contribution is 0.0125. The Kier molecular flexibility index (Phi) is 4.36. The molecule has 1 aromatic rings. The fraction of sp³-hybridized carbons (Fsp3) is 0.429. The summed E-state index contributed by atoms with van der Waals surface area (Å²) in [6.45, 7) is 0.722. The molecule has 0 saturated carbocycles. The Hall–Kier alpha value is -1.92. The van der Waals surface area contributed by atoms with Gasteiger partial charge in [-0.15, -0.1) is 0 Å². The van der Waals surface area contributed by atoms with Gasteiger partial charge in [0, 0.05) is 13.2 Å². The third kappa shape index (κ3) is 2.97. The van der Waals surface area contributed by atoms with Crippen LogP contribution in [0.3, 0.4) is 0 Å². The molecular weight excluding hydrogens is 262 g/mol. The highest BCUT2D eigenvalue weighted by Crippen LogP contribution is 2.21. The molecule has 0 atom stereocenters. The number of amides is 1. The van der Waals surface area contributed by atoms with Crippen molar-refractivity contribution in [2.24, 2.45) is 0 Å². The Morgan fingerprint density at radius 1 is 1.20 bits per heavy atom. The predicted molar refractivity (Wildman–Crippen MR) is 70.7 cm³/mol. The first-order chi connectivity index (χ1) is 9.58. The molecule has 0 radical (unpaired) electrons. The van der Waals surface area contributed by atoms with E-state index in [9.17, 15) is 14.7 Å². The van der Waals surface area contributed by atoms with E-state index in [1.165, 1.54) is 12.1 Å². The molecule has 1 amide bonds. The van der Waals surface area contributed by atoms with Gasteiger partial charge in [-0.2, -0.15) is 0 Å². The van der Waals surface area contributed by atoms with Gasteiger partial charge in [0.25, 0.3) is 5.91 Å². The summed E-state index contributed by atoms with van der Waals surface area (Å²) in [6.07, 6.45) is 1.01. The summed E-state index contributed by atoms with van der Waals surface area (Å²) in [5.74, 6) is -1.64. The van der Waals surface area contributed by atoms with Crippen molar-refractivity contribution in [2.45, 2.75) is 18.4 Å². The lowest BCUT2D eigenvalue weighted by Crippen LogP contribution is -2.54. The maximum Gasteiger partial charge on any atom is 0.336 e. The molecule has 2 rings (SSSR count). The minimum atomic E-state index is -1.15. The Morgan fingerprint density at radius 2 is 1.80 bits per heavy atom. The summed E-state index contributed by atoms with van der Waals surface area (Å²) in [6, 6.07) is 6.02. The summed E-state index contributed by atoms with van der Waals surface area (Å²) in [4.78, 5) is 23.4. The molecule has 6 nitrogen and oxygen atoms in total. The molecule has 1 fully saturated rings. The van der Waals surface area contributed by atoms with E-state index >= 15 is 0 Å². The van der Waals surface area contributed by atoms with E-state index in [0.717, 1.165) is 0 Å². The van der Waals surface area contributed by atoms with Crippen molar-refractivity contribution in [3.8, 4) is 0 Å². The van der Waals surface area contributed by atoms with Crippen LogP contribution in [0.15, 0.2) is 24.3 Å². The van der Waals surface area contributed by atoms with Gasteiger partial charge in [0.2, 0.25) is 0 Å². The van der Waals surface area contributed by atoms with Gasteiger partial charge < -0.3 is 20.3 Å². The molecule has 108 valence electrons. The van der Waals surface area contributed by atoms with Gasteiger partial charge in [-0.3, -0.25) is 4.79 Å². The lowest BCUT2D eigenvalue weighted by Gasteiger charge is -2.36. The highest BCUT2D eigenvalue weighted by molar-refractivity contribution is 6.05.